The maximum absolute atomic E-state index is 12.7. The minimum atomic E-state index is -3.49. The van der Waals surface area contributed by atoms with Crippen LogP contribution in [0.5, 0.6) is 0 Å². The summed E-state index contributed by atoms with van der Waals surface area (Å²) in [5, 5.41) is 9.65. The monoisotopic (exact) mass is 368 g/mol. The minimum absolute atomic E-state index is 0.282. The molecule has 0 aliphatic heterocycles. The van der Waals surface area contributed by atoms with Gasteiger partial charge in [-0.2, -0.15) is 4.31 Å². The first-order chi connectivity index (χ1) is 11.3. The molecule has 0 fully saturated rings. The van der Waals surface area contributed by atoms with Crippen molar-refractivity contribution in [3.63, 3.8) is 0 Å². The van der Waals surface area contributed by atoms with Crippen molar-refractivity contribution in [2.75, 3.05) is 13.1 Å². The number of hydrogen-bond donors (Lipinski definition) is 0. The number of hydrogen-bond acceptors (Lipinski definition) is 5. The van der Waals surface area contributed by atoms with E-state index in [4.69, 9.17) is 0 Å². The first kappa shape index (κ1) is 19.0. The van der Waals surface area contributed by atoms with Gasteiger partial charge in [-0.05, 0) is 12.1 Å². The number of sulfonamides is 1. The number of thioether (sulfide) groups is 1. The molecule has 0 unspecified atom stereocenters. The third-order valence-electron chi connectivity index (χ3n) is 3.61. The topological polar surface area (TPSA) is 68.1 Å². The maximum atomic E-state index is 12.7. The van der Waals surface area contributed by atoms with Gasteiger partial charge in [-0.3, -0.25) is 0 Å². The van der Waals surface area contributed by atoms with Crippen LogP contribution in [0.1, 0.15) is 27.7 Å². The number of aromatic nitrogens is 3. The van der Waals surface area contributed by atoms with Gasteiger partial charge in [0.15, 0.2) is 11.0 Å². The van der Waals surface area contributed by atoms with E-state index in [1.807, 2.05) is 31.5 Å². The van der Waals surface area contributed by atoms with Crippen molar-refractivity contribution in [1.29, 1.82) is 0 Å². The average molecular weight is 369 g/mol. The molecule has 6 nitrogen and oxygen atoms in total. The molecule has 0 radical (unpaired) electrons. The summed E-state index contributed by atoms with van der Waals surface area (Å²) in [4.78, 5) is 0.282. The van der Waals surface area contributed by atoms with Gasteiger partial charge in [0.25, 0.3) is 0 Å². The Labute approximate surface area is 148 Å². The Morgan fingerprint density at radius 1 is 1.21 bits per heavy atom. The molecule has 0 saturated carbocycles. The van der Waals surface area contributed by atoms with Gasteiger partial charge in [-0.25, -0.2) is 8.42 Å². The van der Waals surface area contributed by atoms with Crippen LogP contribution < -0.4 is 0 Å². The van der Waals surface area contributed by atoms with E-state index in [0.29, 0.717) is 24.2 Å². The fourth-order valence-electron chi connectivity index (χ4n) is 2.39. The second kappa shape index (κ2) is 7.67. The fraction of sp³-hybridized carbons (Fsp3) is 0.500. The lowest BCUT2D eigenvalue weighted by Gasteiger charge is -2.18. The quantitative estimate of drug-likeness (QED) is 0.703. The fourth-order valence-corrected chi connectivity index (χ4v) is 4.65. The smallest absolute Gasteiger partial charge is 0.243 e. The minimum Gasteiger partial charge on any atom is -0.305 e. The SMILES string of the molecule is CCN(CC)S(=O)(=O)c1cccc(-c2nnc(SC(C)C)n2C)c1. The van der Waals surface area contributed by atoms with Crippen LogP contribution in [0.3, 0.4) is 0 Å². The van der Waals surface area contributed by atoms with Gasteiger partial charge in [0.05, 0.1) is 4.90 Å². The zero-order valence-corrected chi connectivity index (χ0v) is 16.4. The molecule has 0 amide bonds. The molecular formula is C16H24N4O2S2. The van der Waals surface area contributed by atoms with Crippen molar-refractivity contribution in [3.8, 4) is 11.4 Å². The van der Waals surface area contributed by atoms with Crippen LogP contribution in [-0.4, -0.2) is 45.8 Å². The molecule has 0 aliphatic carbocycles. The van der Waals surface area contributed by atoms with Crippen molar-refractivity contribution < 1.29 is 8.42 Å². The standard InChI is InChI=1S/C16H24N4O2S2/c1-6-20(7-2)24(21,22)14-10-8-9-13(11-14)15-17-18-16(19(15)5)23-12(3)4/h8-12H,6-7H2,1-5H3. The van der Waals surface area contributed by atoms with Gasteiger partial charge in [0.1, 0.15) is 0 Å². The van der Waals surface area contributed by atoms with Crippen LogP contribution in [-0.2, 0) is 17.1 Å². The molecule has 24 heavy (non-hydrogen) atoms. The van der Waals surface area contributed by atoms with Crippen LogP contribution in [0.4, 0.5) is 0 Å². The van der Waals surface area contributed by atoms with E-state index in [2.05, 4.69) is 24.0 Å². The third kappa shape index (κ3) is 3.81. The molecule has 1 heterocycles. The zero-order valence-electron chi connectivity index (χ0n) is 14.7. The van der Waals surface area contributed by atoms with Crippen LogP contribution in [0.2, 0.25) is 0 Å². The average Bonchev–Trinajstić information content (AvgIpc) is 2.89. The molecule has 1 aromatic heterocycles. The van der Waals surface area contributed by atoms with E-state index in [1.165, 1.54) is 4.31 Å². The molecule has 1 aromatic carbocycles. The Kier molecular flexibility index (Phi) is 6.06. The van der Waals surface area contributed by atoms with Crippen LogP contribution >= 0.6 is 11.8 Å². The third-order valence-corrected chi connectivity index (χ3v) is 6.70. The van der Waals surface area contributed by atoms with Gasteiger partial charge < -0.3 is 4.57 Å². The Hall–Kier alpha value is -1.38. The predicted molar refractivity (Wildman–Crippen MR) is 97.5 cm³/mol. The van der Waals surface area contributed by atoms with Crippen molar-refractivity contribution in [2.45, 2.75) is 43.0 Å². The first-order valence-corrected chi connectivity index (χ1v) is 10.3. The molecule has 2 rings (SSSR count). The van der Waals surface area contributed by atoms with Crippen LogP contribution in [0, 0.1) is 0 Å². The second-order valence-electron chi connectivity index (χ2n) is 5.65. The largest absolute Gasteiger partial charge is 0.305 e. The molecule has 132 valence electrons. The molecular weight excluding hydrogens is 344 g/mol. The van der Waals surface area contributed by atoms with Crippen LogP contribution in [0.15, 0.2) is 34.3 Å². The highest BCUT2D eigenvalue weighted by Crippen LogP contribution is 2.27. The van der Waals surface area contributed by atoms with E-state index < -0.39 is 10.0 Å². The first-order valence-electron chi connectivity index (χ1n) is 7.97. The molecule has 0 saturated heterocycles. The Morgan fingerprint density at radius 2 is 1.88 bits per heavy atom. The summed E-state index contributed by atoms with van der Waals surface area (Å²) >= 11 is 1.63. The van der Waals surface area contributed by atoms with Gasteiger partial charge in [-0.1, -0.05) is 51.6 Å². The maximum Gasteiger partial charge on any atom is 0.243 e. The molecule has 0 atom stereocenters. The number of rotatable bonds is 7. The highest BCUT2D eigenvalue weighted by molar-refractivity contribution is 7.99. The van der Waals surface area contributed by atoms with E-state index >= 15 is 0 Å². The van der Waals surface area contributed by atoms with Crippen molar-refractivity contribution in [3.05, 3.63) is 24.3 Å². The van der Waals surface area contributed by atoms with Crippen LogP contribution in [0.25, 0.3) is 11.4 Å². The second-order valence-corrected chi connectivity index (χ2v) is 9.13. The number of benzene rings is 1. The zero-order chi connectivity index (χ0) is 17.9. The molecule has 0 spiro atoms. The molecule has 0 aliphatic rings. The molecule has 0 N–H and O–H groups in total. The number of nitrogens with zero attached hydrogens (tertiary/aromatic N) is 4. The molecule has 0 bridgehead atoms. The summed E-state index contributed by atoms with van der Waals surface area (Å²) < 4.78 is 28.7. The highest BCUT2D eigenvalue weighted by Gasteiger charge is 2.22. The molecule has 2 aromatic rings. The molecule has 8 heteroatoms. The highest BCUT2D eigenvalue weighted by atomic mass is 32.2. The summed E-state index contributed by atoms with van der Waals surface area (Å²) in [6, 6.07) is 6.89. The lowest BCUT2D eigenvalue weighted by atomic mass is 10.2. The van der Waals surface area contributed by atoms with Gasteiger partial charge in [0.2, 0.25) is 10.0 Å². The lowest BCUT2D eigenvalue weighted by Crippen LogP contribution is -2.30. The van der Waals surface area contributed by atoms with Gasteiger partial charge >= 0.3 is 0 Å². The van der Waals surface area contributed by atoms with Crippen molar-refractivity contribution >= 4 is 21.8 Å². The van der Waals surface area contributed by atoms with Crippen molar-refractivity contribution in [1.82, 2.24) is 19.1 Å². The normalized spacial score (nSPS) is 12.3. The van der Waals surface area contributed by atoms with Crippen molar-refractivity contribution in [2.24, 2.45) is 7.05 Å². The summed E-state index contributed by atoms with van der Waals surface area (Å²) in [6.07, 6.45) is 0. The summed E-state index contributed by atoms with van der Waals surface area (Å²) in [5.74, 6) is 0.662. The van der Waals surface area contributed by atoms with Gasteiger partial charge in [-0.15, -0.1) is 10.2 Å². The summed E-state index contributed by atoms with van der Waals surface area (Å²) in [6.45, 7) is 8.75. The Morgan fingerprint density at radius 3 is 2.46 bits per heavy atom. The summed E-state index contributed by atoms with van der Waals surface area (Å²) in [5.41, 5.74) is 0.744. The lowest BCUT2D eigenvalue weighted by molar-refractivity contribution is 0.445. The van der Waals surface area contributed by atoms with E-state index in [-0.39, 0.29) is 4.90 Å². The van der Waals surface area contributed by atoms with Gasteiger partial charge in [0, 0.05) is 31.0 Å². The van der Waals surface area contributed by atoms with E-state index in [9.17, 15) is 8.42 Å². The Balaban J connectivity index is 2.43. The van der Waals surface area contributed by atoms with E-state index in [0.717, 1.165) is 10.7 Å². The Bertz CT molecular complexity index is 796. The predicted octanol–water partition coefficient (Wildman–Crippen LogP) is 3.01. The van der Waals surface area contributed by atoms with E-state index in [1.54, 1.807) is 30.0 Å². The summed E-state index contributed by atoms with van der Waals surface area (Å²) in [7, 11) is -1.59.